The van der Waals surface area contributed by atoms with Gasteiger partial charge >= 0.3 is 6.01 Å². The van der Waals surface area contributed by atoms with Crippen molar-refractivity contribution in [2.75, 3.05) is 36.9 Å². The molecule has 1 aliphatic heterocycles. The number of aromatic nitrogens is 3. The van der Waals surface area contributed by atoms with Crippen LogP contribution in [-0.2, 0) is 4.74 Å². The molecule has 120 valence electrons. The van der Waals surface area contributed by atoms with Crippen LogP contribution in [0.4, 0.5) is 17.5 Å². The Morgan fingerprint density at radius 2 is 2.39 bits per heavy atom. The average molecular weight is 315 g/mol. The minimum Gasteiger partial charge on any atom is -0.430 e. The van der Waals surface area contributed by atoms with Gasteiger partial charge in [0.05, 0.1) is 24.1 Å². The highest BCUT2D eigenvalue weighted by Gasteiger charge is 2.14. The Bertz CT molecular complexity index is 703. The van der Waals surface area contributed by atoms with E-state index in [1.165, 1.54) is 6.26 Å². The number of ether oxygens (including phenoxy) is 1. The Labute approximate surface area is 133 Å². The van der Waals surface area contributed by atoms with E-state index in [0.717, 1.165) is 31.1 Å². The minimum absolute atomic E-state index is 0.123. The van der Waals surface area contributed by atoms with Crippen LogP contribution in [0.3, 0.4) is 0 Å². The highest BCUT2D eigenvalue weighted by molar-refractivity contribution is 5.57. The third-order valence-electron chi connectivity index (χ3n) is 3.36. The van der Waals surface area contributed by atoms with E-state index in [2.05, 4.69) is 31.1 Å². The van der Waals surface area contributed by atoms with Gasteiger partial charge in [-0.15, -0.1) is 5.10 Å². The number of rotatable bonds is 5. The van der Waals surface area contributed by atoms with Crippen LogP contribution >= 0.6 is 0 Å². The second-order valence-electron chi connectivity index (χ2n) is 5.08. The van der Waals surface area contributed by atoms with Gasteiger partial charge in [0.15, 0.2) is 11.5 Å². The molecule has 0 bridgehead atoms. The summed E-state index contributed by atoms with van der Waals surface area (Å²) in [5.74, 6) is 0.479. The quantitative estimate of drug-likeness (QED) is 0.735. The van der Waals surface area contributed by atoms with E-state index in [9.17, 15) is 0 Å². The Morgan fingerprint density at radius 1 is 1.48 bits per heavy atom. The number of nitrogens with zero attached hydrogens (tertiary/aromatic N) is 4. The second kappa shape index (κ2) is 7.04. The van der Waals surface area contributed by atoms with E-state index in [4.69, 9.17) is 14.4 Å². The standard InChI is InChI=1S/C14H17N7O2/c1-9-12(17-7-11-6-16-2-3-22-11)4-13(21-20-9)19-14-18-10(5-15)8-23-14/h4,8,11,16H,2-3,6-7H2,1H3,(H2,17,18,19,21). The number of nitrogens with one attached hydrogen (secondary N) is 3. The Morgan fingerprint density at radius 3 is 3.13 bits per heavy atom. The van der Waals surface area contributed by atoms with Crippen LogP contribution in [0.25, 0.3) is 0 Å². The molecule has 3 rings (SSSR count). The molecule has 2 aromatic rings. The van der Waals surface area contributed by atoms with Gasteiger partial charge in [-0.3, -0.25) is 5.32 Å². The van der Waals surface area contributed by atoms with Crippen LogP contribution in [0.15, 0.2) is 16.7 Å². The lowest BCUT2D eigenvalue weighted by atomic mass is 10.2. The lowest BCUT2D eigenvalue weighted by molar-refractivity contribution is 0.0372. The summed E-state index contributed by atoms with van der Waals surface area (Å²) >= 11 is 0. The molecule has 3 N–H and O–H groups in total. The number of oxazole rings is 1. The van der Waals surface area contributed by atoms with Gasteiger partial charge in [-0.25, -0.2) is 0 Å². The van der Waals surface area contributed by atoms with Gasteiger partial charge in [-0.2, -0.15) is 15.3 Å². The molecule has 1 unspecified atom stereocenters. The number of nitriles is 1. The van der Waals surface area contributed by atoms with E-state index in [0.29, 0.717) is 12.4 Å². The molecule has 1 aliphatic rings. The number of hydrogen-bond acceptors (Lipinski definition) is 9. The van der Waals surface area contributed by atoms with Crippen molar-refractivity contribution < 1.29 is 9.15 Å². The summed E-state index contributed by atoms with van der Waals surface area (Å²) in [5, 5.41) is 26.4. The fourth-order valence-corrected chi connectivity index (χ4v) is 2.16. The monoisotopic (exact) mass is 315 g/mol. The molecule has 3 heterocycles. The van der Waals surface area contributed by atoms with Gasteiger partial charge in [0.2, 0.25) is 0 Å². The second-order valence-corrected chi connectivity index (χ2v) is 5.08. The van der Waals surface area contributed by atoms with Gasteiger partial charge in [0.1, 0.15) is 12.3 Å². The largest absolute Gasteiger partial charge is 0.430 e. The van der Waals surface area contributed by atoms with Gasteiger partial charge in [0.25, 0.3) is 0 Å². The first kappa shape index (κ1) is 15.2. The third kappa shape index (κ3) is 3.94. The first-order valence-corrected chi connectivity index (χ1v) is 7.28. The van der Waals surface area contributed by atoms with Crippen molar-refractivity contribution in [3.05, 3.63) is 23.7 Å². The molecular formula is C14H17N7O2. The molecule has 9 nitrogen and oxygen atoms in total. The van der Waals surface area contributed by atoms with Crippen molar-refractivity contribution in [2.45, 2.75) is 13.0 Å². The van der Waals surface area contributed by atoms with E-state index in [1.54, 1.807) is 0 Å². The summed E-state index contributed by atoms with van der Waals surface area (Å²) in [6, 6.07) is 3.91. The van der Waals surface area contributed by atoms with Crippen LogP contribution < -0.4 is 16.0 Å². The number of hydrogen-bond donors (Lipinski definition) is 3. The van der Waals surface area contributed by atoms with Crippen LogP contribution in [0, 0.1) is 18.3 Å². The first-order valence-electron chi connectivity index (χ1n) is 7.28. The third-order valence-corrected chi connectivity index (χ3v) is 3.36. The van der Waals surface area contributed by atoms with Crippen molar-refractivity contribution >= 4 is 17.5 Å². The van der Waals surface area contributed by atoms with Gasteiger partial charge in [-0.05, 0) is 6.92 Å². The minimum atomic E-state index is 0.123. The molecule has 9 heteroatoms. The van der Waals surface area contributed by atoms with Crippen molar-refractivity contribution in [2.24, 2.45) is 0 Å². The maximum Gasteiger partial charge on any atom is 0.301 e. The number of anilines is 3. The summed E-state index contributed by atoms with van der Waals surface area (Å²) in [4.78, 5) is 3.94. The van der Waals surface area contributed by atoms with Crippen molar-refractivity contribution in [1.82, 2.24) is 20.5 Å². The van der Waals surface area contributed by atoms with E-state index >= 15 is 0 Å². The van der Waals surface area contributed by atoms with Crippen LogP contribution in [0.1, 0.15) is 11.4 Å². The predicted octanol–water partition coefficient (Wildman–Crippen LogP) is 0.789. The molecule has 0 aliphatic carbocycles. The molecule has 1 fully saturated rings. The molecule has 23 heavy (non-hydrogen) atoms. The molecule has 1 atom stereocenters. The van der Waals surface area contributed by atoms with Crippen LogP contribution in [-0.4, -0.2) is 47.5 Å². The molecular weight excluding hydrogens is 298 g/mol. The maximum atomic E-state index is 8.74. The number of morpholine rings is 1. The average Bonchev–Trinajstić information content (AvgIpc) is 3.04. The van der Waals surface area contributed by atoms with Crippen LogP contribution in [0.5, 0.6) is 0 Å². The van der Waals surface area contributed by atoms with E-state index < -0.39 is 0 Å². The van der Waals surface area contributed by atoms with Crippen molar-refractivity contribution in [3.8, 4) is 6.07 Å². The molecule has 2 aromatic heterocycles. The lowest BCUT2D eigenvalue weighted by Crippen LogP contribution is -2.42. The molecule has 0 amide bonds. The fourth-order valence-electron chi connectivity index (χ4n) is 2.16. The summed E-state index contributed by atoms with van der Waals surface area (Å²) in [6.07, 6.45) is 1.40. The first-order chi connectivity index (χ1) is 11.2. The van der Waals surface area contributed by atoms with Crippen LogP contribution in [0.2, 0.25) is 0 Å². The smallest absolute Gasteiger partial charge is 0.301 e. The summed E-state index contributed by atoms with van der Waals surface area (Å²) in [7, 11) is 0. The Balaban J connectivity index is 1.64. The van der Waals surface area contributed by atoms with Gasteiger partial charge in [-0.1, -0.05) is 0 Å². The SMILES string of the molecule is Cc1nnc(Nc2nc(C#N)co2)cc1NCC1CNCCO1. The zero-order valence-corrected chi connectivity index (χ0v) is 12.7. The highest BCUT2D eigenvalue weighted by atomic mass is 16.5. The Hall–Kier alpha value is -2.70. The van der Waals surface area contributed by atoms with Gasteiger partial charge in [0, 0.05) is 25.7 Å². The maximum absolute atomic E-state index is 8.74. The summed E-state index contributed by atoms with van der Waals surface area (Å²) < 4.78 is 10.8. The van der Waals surface area contributed by atoms with Crippen molar-refractivity contribution in [3.63, 3.8) is 0 Å². The number of aryl methyl sites for hydroxylation is 1. The van der Waals surface area contributed by atoms with Gasteiger partial charge < -0.3 is 19.8 Å². The molecule has 1 saturated heterocycles. The molecule has 0 aromatic carbocycles. The zero-order valence-electron chi connectivity index (χ0n) is 12.7. The topological polar surface area (TPSA) is 121 Å². The van der Waals surface area contributed by atoms with E-state index in [-0.39, 0.29) is 17.8 Å². The van der Waals surface area contributed by atoms with Crippen molar-refractivity contribution in [1.29, 1.82) is 5.26 Å². The Kier molecular flexibility index (Phi) is 4.65. The van der Waals surface area contributed by atoms with E-state index in [1.807, 2.05) is 19.1 Å². The fraction of sp³-hybridized carbons (Fsp3) is 0.429. The highest BCUT2D eigenvalue weighted by Crippen LogP contribution is 2.19. The summed E-state index contributed by atoms with van der Waals surface area (Å²) in [6.45, 7) is 4.98. The lowest BCUT2D eigenvalue weighted by Gasteiger charge is -2.24. The normalized spacial score (nSPS) is 17.5. The summed E-state index contributed by atoms with van der Waals surface area (Å²) in [5.41, 5.74) is 1.83. The molecule has 0 spiro atoms. The molecule has 0 radical (unpaired) electrons. The molecule has 0 saturated carbocycles. The zero-order chi connectivity index (χ0) is 16.1. The predicted molar refractivity (Wildman–Crippen MR) is 82.4 cm³/mol.